The Morgan fingerprint density at radius 1 is 0.714 bits per heavy atom. The molecule has 4 aromatic heterocycles. The van der Waals surface area contributed by atoms with Gasteiger partial charge in [0, 0.05) is 50.1 Å². The molecule has 0 spiro atoms. The van der Waals surface area contributed by atoms with Crippen LogP contribution in [0.4, 0.5) is 11.4 Å². The highest BCUT2D eigenvalue weighted by Crippen LogP contribution is 2.33. The van der Waals surface area contributed by atoms with Crippen molar-refractivity contribution >= 4 is 11.4 Å². The van der Waals surface area contributed by atoms with E-state index in [1.54, 1.807) is 18.6 Å². The van der Waals surface area contributed by atoms with E-state index in [1.807, 2.05) is 62.3 Å². The first-order chi connectivity index (χ1) is 13.8. The predicted molar refractivity (Wildman–Crippen MR) is 111 cm³/mol. The Bertz CT molecular complexity index is 967. The molecule has 0 fully saturated rings. The maximum atomic E-state index is 4.36. The molecule has 4 aromatic rings. The lowest BCUT2D eigenvalue weighted by Gasteiger charge is -2.24. The second kappa shape index (κ2) is 8.39. The molecule has 0 bridgehead atoms. The predicted octanol–water partition coefficient (Wildman–Crippen LogP) is 4.41. The summed E-state index contributed by atoms with van der Waals surface area (Å²) in [5.41, 5.74) is 5.63. The maximum Gasteiger partial charge on any atom is 0.0627 e. The second-order valence-corrected chi connectivity index (χ2v) is 6.60. The first kappa shape index (κ1) is 17.8. The lowest BCUT2D eigenvalue weighted by molar-refractivity contribution is 0.791. The van der Waals surface area contributed by atoms with Gasteiger partial charge < -0.3 is 4.90 Å². The largest absolute Gasteiger partial charge is 0.342 e. The van der Waals surface area contributed by atoms with E-state index in [4.69, 9.17) is 0 Å². The van der Waals surface area contributed by atoms with Gasteiger partial charge in [0.2, 0.25) is 0 Å². The van der Waals surface area contributed by atoms with Crippen molar-refractivity contribution in [3.8, 4) is 0 Å². The monoisotopic (exact) mass is 367 g/mol. The van der Waals surface area contributed by atoms with Gasteiger partial charge in [0.25, 0.3) is 0 Å². The molecule has 0 amide bonds. The Morgan fingerprint density at radius 2 is 1.32 bits per heavy atom. The molecule has 0 saturated carbocycles. The average molecular weight is 367 g/mol. The quantitative estimate of drug-likeness (QED) is 0.505. The molecule has 4 rings (SSSR count). The topological polar surface area (TPSA) is 54.8 Å². The van der Waals surface area contributed by atoms with Crippen LogP contribution in [-0.4, -0.2) is 27.0 Å². The van der Waals surface area contributed by atoms with Crippen molar-refractivity contribution in [1.82, 2.24) is 19.9 Å². The third kappa shape index (κ3) is 3.88. The van der Waals surface area contributed by atoms with E-state index in [0.29, 0.717) is 0 Å². The van der Waals surface area contributed by atoms with Crippen molar-refractivity contribution in [1.29, 1.82) is 0 Å². The summed E-state index contributed by atoms with van der Waals surface area (Å²) >= 11 is 0. The van der Waals surface area contributed by atoms with Gasteiger partial charge in [0.1, 0.15) is 0 Å². The van der Waals surface area contributed by atoms with E-state index in [9.17, 15) is 0 Å². The highest BCUT2D eigenvalue weighted by atomic mass is 15.1. The Kier molecular flexibility index (Phi) is 5.33. The minimum atomic E-state index is 0.158. The first-order valence-corrected chi connectivity index (χ1v) is 9.19. The zero-order valence-electron chi connectivity index (χ0n) is 15.7. The summed E-state index contributed by atoms with van der Waals surface area (Å²) in [6.07, 6.45) is 15.7. The Balaban J connectivity index is 1.72. The van der Waals surface area contributed by atoms with E-state index in [1.165, 1.54) is 16.7 Å². The molecule has 0 saturated heterocycles. The molecule has 28 heavy (non-hydrogen) atoms. The van der Waals surface area contributed by atoms with Crippen LogP contribution in [0, 0.1) is 0 Å². The van der Waals surface area contributed by atoms with Gasteiger partial charge in [-0.2, -0.15) is 0 Å². The molecular formula is C23H21N5. The Morgan fingerprint density at radius 3 is 1.89 bits per heavy atom. The molecule has 0 aliphatic rings. The van der Waals surface area contributed by atoms with Crippen molar-refractivity contribution in [2.24, 2.45) is 0 Å². The molecule has 138 valence electrons. The highest BCUT2D eigenvalue weighted by Gasteiger charge is 2.19. The fourth-order valence-corrected chi connectivity index (χ4v) is 3.39. The molecule has 0 atom stereocenters. The van der Waals surface area contributed by atoms with Crippen LogP contribution < -0.4 is 4.90 Å². The zero-order chi connectivity index (χ0) is 19.2. The van der Waals surface area contributed by atoms with Gasteiger partial charge in [-0.15, -0.1) is 0 Å². The Hall–Kier alpha value is -3.60. The van der Waals surface area contributed by atoms with Crippen molar-refractivity contribution in [2.45, 2.75) is 12.3 Å². The first-order valence-electron chi connectivity index (χ1n) is 9.19. The van der Waals surface area contributed by atoms with Crippen LogP contribution in [0.2, 0.25) is 0 Å². The van der Waals surface area contributed by atoms with E-state index >= 15 is 0 Å². The van der Waals surface area contributed by atoms with Gasteiger partial charge in [0.15, 0.2) is 0 Å². The third-order valence-corrected chi connectivity index (χ3v) is 4.88. The van der Waals surface area contributed by atoms with Crippen molar-refractivity contribution in [2.75, 3.05) is 11.9 Å². The van der Waals surface area contributed by atoms with Crippen LogP contribution >= 0.6 is 0 Å². The summed E-state index contributed by atoms with van der Waals surface area (Å²) in [6.45, 7) is 0. The molecule has 5 nitrogen and oxygen atoms in total. The van der Waals surface area contributed by atoms with Crippen molar-refractivity contribution in [3.05, 3.63) is 109 Å². The molecular weight excluding hydrogens is 346 g/mol. The molecule has 0 N–H and O–H groups in total. The van der Waals surface area contributed by atoms with E-state index < -0.39 is 0 Å². The normalized spacial score (nSPS) is 10.8. The van der Waals surface area contributed by atoms with Gasteiger partial charge in [-0.1, -0.05) is 12.1 Å². The molecule has 0 aromatic carbocycles. The van der Waals surface area contributed by atoms with Crippen LogP contribution in [0.1, 0.15) is 22.6 Å². The summed E-state index contributed by atoms with van der Waals surface area (Å²) in [5, 5.41) is 0. The summed E-state index contributed by atoms with van der Waals surface area (Å²) < 4.78 is 0. The standard InChI is InChI=1S/C23H21N5/c1-28(21-7-4-11-26-16-21)23-17-27-12-8-18(23)13-22(19-5-2-9-24-14-19)20-6-3-10-25-15-20/h2-12,14-17,22H,13H2,1H3. The number of aromatic nitrogens is 4. The molecule has 4 heterocycles. The van der Waals surface area contributed by atoms with Crippen molar-refractivity contribution in [3.63, 3.8) is 0 Å². The minimum Gasteiger partial charge on any atom is -0.342 e. The fourth-order valence-electron chi connectivity index (χ4n) is 3.39. The molecule has 5 heteroatoms. The van der Waals surface area contributed by atoms with Gasteiger partial charge in [-0.3, -0.25) is 19.9 Å². The Labute approximate surface area is 164 Å². The van der Waals surface area contributed by atoms with Crippen LogP contribution in [0.15, 0.2) is 92.0 Å². The smallest absolute Gasteiger partial charge is 0.0627 e. The SMILES string of the molecule is CN(c1cccnc1)c1cnccc1CC(c1cccnc1)c1cccnc1. The molecule has 0 radical (unpaired) electrons. The number of pyridine rings is 4. The summed E-state index contributed by atoms with van der Waals surface area (Å²) in [7, 11) is 2.04. The van der Waals surface area contributed by atoms with Gasteiger partial charge in [-0.25, -0.2) is 0 Å². The second-order valence-electron chi connectivity index (χ2n) is 6.60. The lowest BCUT2D eigenvalue weighted by atomic mass is 9.87. The fraction of sp³-hybridized carbons (Fsp3) is 0.130. The maximum absolute atomic E-state index is 4.36. The van der Waals surface area contributed by atoms with E-state index in [-0.39, 0.29) is 5.92 Å². The summed E-state index contributed by atoms with van der Waals surface area (Å²) in [4.78, 5) is 19.4. The van der Waals surface area contributed by atoms with Crippen LogP contribution in [-0.2, 0) is 6.42 Å². The van der Waals surface area contributed by atoms with Crippen LogP contribution in [0.3, 0.4) is 0 Å². The number of anilines is 2. The molecule has 0 aliphatic carbocycles. The van der Waals surface area contributed by atoms with Gasteiger partial charge in [-0.05, 0) is 53.4 Å². The van der Waals surface area contributed by atoms with E-state index in [2.05, 4.69) is 43.0 Å². The van der Waals surface area contributed by atoms with Crippen LogP contribution in [0.5, 0.6) is 0 Å². The number of hydrogen-bond donors (Lipinski definition) is 0. The zero-order valence-corrected chi connectivity index (χ0v) is 15.7. The van der Waals surface area contributed by atoms with E-state index in [0.717, 1.165) is 17.8 Å². The number of rotatable bonds is 6. The van der Waals surface area contributed by atoms with Gasteiger partial charge >= 0.3 is 0 Å². The molecule has 0 unspecified atom stereocenters. The third-order valence-electron chi connectivity index (χ3n) is 4.88. The average Bonchev–Trinajstić information content (AvgIpc) is 2.79. The number of nitrogens with zero attached hydrogens (tertiary/aromatic N) is 5. The summed E-state index contributed by atoms with van der Waals surface area (Å²) in [5.74, 6) is 0.158. The van der Waals surface area contributed by atoms with Crippen molar-refractivity contribution < 1.29 is 0 Å². The number of hydrogen-bond acceptors (Lipinski definition) is 5. The minimum absolute atomic E-state index is 0.158. The lowest BCUT2D eigenvalue weighted by Crippen LogP contribution is -2.14. The van der Waals surface area contributed by atoms with Crippen LogP contribution in [0.25, 0.3) is 0 Å². The summed E-state index contributed by atoms with van der Waals surface area (Å²) in [6, 6.07) is 14.3. The highest BCUT2D eigenvalue weighted by molar-refractivity contribution is 5.64. The van der Waals surface area contributed by atoms with Gasteiger partial charge in [0.05, 0.1) is 23.8 Å². The molecule has 0 aliphatic heterocycles.